The number of unbranched alkanes of at least 4 members (excludes halogenated alkanes) is 1. The van der Waals surface area contributed by atoms with Gasteiger partial charge in [0, 0.05) is 25.6 Å². The number of nitrogens with one attached hydrogen (secondary N) is 1. The molecule has 0 aliphatic carbocycles. The summed E-state index contributed by atoms with van der Waals surface area (Å²) in [6, 6.07) is 8.66. The monoisotopic (exact) mass is 275 g/mol. The van der Waals surface area contributed by atoms with Gasteiger partial charge < -0.3 is 14.5 Å². The van der Waals surface area contributed by atoms with Crippen LogP contribution in [0.1, 0.15) is 23.2 Å². The quantitative estimate of drug-likeness (QED) is 0.646. The molecule has 0 radical (unpaired) electrons. The van der Waals surface area contributed by atoms with Crippen LogP contribution in [0.25, 0.3) is 11.0 Å². The van der Waals surface area contributed by atoms with Gasteiger partial charge >= 0.3 is 5.63 Å². The van der Waals surface area contributed by atoms with Gasteiger partial charge in [-0.1, -0.05) is 18.2 Å². The first-order chi connectivity index (χ1) is 9.72. The minimum atomic E-state index is -0.613. The molecular weight excluding hydrogens is 258 g/mol. The number of amides is 1. The summed E-state index contributed by atoms with van der Waals surface area (Å²) < 4.78 is 10.0. The van der Waals surface area contributed by atoms with E-state index in [2.05, 4.69) is 5.32 Å². The zero-order chi connectivity index (χ0) is 14.4. The smallest absolute Gasteiger partial charge is 0.349 e. The summed E-state index contributed by atoms with van der Waals surface area (Å²) in [6.07, 6.45) is 1.67. The van der Waals surface area contributed by atoms with Crippen LogP contribution in [0.5, 0.6) is 0 Å². The minimum Gasteiger partial charge on any atom is -0.422 e. The van der Waals surface area contributed by atoms with Gasteiger partial charge in [-0.25, -0.2) is 4.79 Å². The van der Waals surface area contributed by atoms with Gasteiger partial charge in [0.05, 0.1) is 0 Å². The predicted molar refractivity (Wildman–Crippen MR) is 75.9 cm³/mol. The van der Waals surface area contributed by atoms with Gasteiger partial charge in [-0.15, -0.1) is 0 Å². The number of methoxy groups -OCH3 is 1. The molecule has 0 unspecified atom stereocenters. The summed E-state index contributed by atoms with van der Waals surface area (Å²) in [4.78, 5) is 23.7. The van der Waals surface area contributed by atoms with Crippen molar-refractivity contribution in [1.29, 1.82) is 0 Å². The van der Waals surface area contributed by atoms with Crippen LogP contribution in [-0.4, -0.2) is 26.2 Å². The lowest BCUT2D eigenvalue weighted by Gasteiger charge is -2.05. The van der Waals surface area contributed by atoms with Crippen molar-refractivity contribution >= 4 is 16.9 Å². The lowest BCUT2D eigenvalue weighted by Crippen LogP contribution is -2.29. The third-order valence-electron chi connectivity index (χ3n) is 2.95. The molecule has 0 aliphatic rings. The van der Waals surface area contributed by atoms with Gasteiger partial charge in [-0.3, -0.25) is 4.79 Å². The first kappa shape index (κ1) is 14.3. The molecule has 0 saturated carbocycles. The number of para-hydroxylation sites is 1. The normalized spacial score (nSPS) is 10.7. The third-order valence-corrected chi connectivity index (χ3v) is 2.95. The van der Waals surface area contributed by atoms with E-state index < -0.39 is 11.5 Å². The third kappa shape index (κ3) is 3.45. The molecule has 1 heterocycles. The van der Waals surface area contributed by atoms with Crippen LogP contribution < -0.4 is 10.9 Å². The van der Waals surface area contributed by atoms with E-state index in [0.29, 0.717) is 18.7 Å². The molecule has 5 nitrogen and oxygen atoms in total. The fourth-order valence-corrected chi connectivity index (χ4v) is 1.89. The van der Waals surface area contributed by atoms with E-state index in [0.717, 1.165) is 18.2 Å². The van der Waals surface area contributed by atoms with E-state index in [1.807, 2.05) is 6.07 Å². The molecule has 106 valence electrons. The molecule has 0 fully saturated rings. The number of rotatable bonds is 6. The largest absolute Gasteiger partial charge is 0.422 e. The topological polar surface area (TPSA) is 68.5 Å². The van der Waals surface area contributed by atoms with E-state index >= 15 is 0 Å². The summed E-state index contributed by atoms with van der Waals surface area (Å²) in [7, 11) is 1.64. The Morgan fingerprint density at radius 1 is 1.30 bits per heavy atom. The van der Waals surface area contributed by atoms with Crippen molar-refractivity contribution in [3.05, 3.63) is 46.3 Å². The highest BCUT2D eigenvalue weighted by atomic mass is 16.5. The van der Waals surface area contributed by atoms with E-state index in [1.54, 1.807) is 31.4 Å². The number of ether oxygens (including phenoxy) is 1. The van der Waals surface area contributed by atoms with Crippen LogP contribution in [0.15, 0.2) is 39.5 Å². The lowest BCUT2D eigenvalue weighted by atomic mass is 10.2. The summed E-state index contributed by atoms with van der Waals surface area (Å²) in [5, 5.41) is 3.44. The van der Waals surface area contributed by atoms with Crippen molar-refractivity contribution < 1.29 is 13.9 Å². The zero-order valence-corrected chi connectivity index (χ0v) is 11.3. The molecule has 1 N–H and O–H groups in total. The Bertz CT molecular complexity index is 648. The molecule has 2 rings (SSSR count). The molecule has 0 aliphatic heterocycles. The Labute approximate surface area is 116 Å². The summed E-state index contributed by atoms with van der Waals surface area (Å²) >= 11 is 0. The van der Waals surface area contributed by atoms with E-state index in [4.69, 9.17) is 9.15 Å². The number of hydrogen-bond acceptors (Lipinski definition) is 4. The van der Waals surface area contributed by atoms with Crippen molar-refractivity contribution in [2.45, 2.75) is 12.8 Å². The SMILES string of the molecule is COCCCCNC(=O)c1cc2ccccc2oc1=O. The standard InChI is InChI=1S/C15H17NO4/c1-19-9-5-4-8-16-14(17)12-10-11-6-2-3-7-13(11)20-15(12)18/h2-3,6-7,10H,4-5,8-9H2,1H3,(H,16,17). The Hall–Kier alpha value is -2.14. The predicted octanol–water partition coefficient (Wildman–Crippen LogP) is 1.95. The molecule has 2 aromatic rings. The van der Waals surface area contributed by atoms with Gasteiger partial charge in [-0.2, -0.15) is 0 Å². The molecule has 1 aromatic heterocycles. The van der Waals surface area contributed by atoms with Crippen molar-refractivity contribution in [1.82, 2.24) is 5.32 Å². The highest BCUT2D eigenvalue weighted by Gasteiger charge is 2.12. The van der Waals surface area contributed by atoms with Gasteiger partial charge in [0.1, 0.15) is 11.1 Å². The number of carbonyl (C=O) groups excluding carboxylic acids is 1. The van der Waals surface area contributed by atoms with Crippen LogP contribution >= 0.6 is 0 Å². The first-order valence-corrected chi connectivity index (χ1v) is 6.52. The molecule has 1 amide bonds. The Morgan fingerprint density at radius 2 is 2.10 bits per heavy atom. The van der Waals surface area contributed by atoms with Gasteiger partial charge in [0.2, 0.25) is 0 Å². The summed E-state index contributed by atoms with van der Waals surface area (Å²) in [5.74, 6) is -0.401. The van der Waals surface area contributed by atoms with E-state index in [1.165, 1.54) is 0 Å². The maximum absolute atomic E-state index is 11.9. The molecule has 20 heavy (non-hydrogen) atoms. The van der Waals surface area contributed by atoms with Crippen LogP contribution in [0.3, 0.4) is 0 Å². The van der Waals surface area contributed by atoms with Crippen molar-refractivity contribution in [2.75, 3.05) is 20.3 Å². The highest BCUT2D eigenvalue weighted by Crippen LogP contribution is 2.12. The number of fused-ring (bicyclic) bond motifs is 1. The molecule has 0 spiro atoms. The lowest BCUT2D eigenvalue weighted by molar-refractivity contribution is 0.0948. The zero-order valence-electron chi connectivity index (χ0n) is 11.3. The van der Waals surface area contributed by atoms with Crippen LogP contribution in [0, 0.1) is 0 Å². The Kier molecular flexibility index (Phi) is 4.90. The molecule has 0 bridgehead atoms. The second kappa shape index (κ2) is 6.86. The maximum Gasteiger partial charge on any atom is 0.349 e. The average molecular weight is 275 g/mol. The number of carbonyl (C=O) groups is 1. The van der Waals surface area contributed by atoms with E-state index in [9.17, 15) is 9.59 Å². The maximum atomic E-state index is 11.9. The minimum absolute atomic E-state index is 0.0374. The fraction of sp³-hybridized carbons (Fsp3) is 0.333. The summed E-state index contributed by atoms with van der Waals surface area (Å²) in [6.45, 7) is 1.17. The Balaban J connectivity index is 2.06. The second-order valence-corrected chi connectivity index (χ2v) is 4.44. The number of hydrogen-bond donors (Lipinski definition) is 1. The fourth-order valence-electron chi connectivity index (χ4n) is 1.89. The van der Waals surface area contributed by atoms with Gasteiger partial charge in [0.25, 0.3) is 5.91 Å². The molecular formula is C15H17NO4. The first-order valence-electron chi connectivity index (χ1n) is 6.52. The van der Waals surface area contributed by atoms with Crippen molar-refractivity contribution in [3.8, 4) is 0 Å². The van der Waals surface area contributed by atoms with Crippen LogP contribution in [0.4, 0.5) is 0 Å². The molecule has 0 saturated heterocycles. The van der Waals surface area contributed by atoms with Crippen LogP contribution in [0.2, 0.25) is 0 Å². The summed E-state index contributed by atoms with van der Waals surface area (Å²) in [5.41, 5.74) is -0.0947. The molecule has 0 atom stereocenters. The molecule has 1 aromatic carbocycles. The number of benzene rings is 1. The average Bonchev–Trinajstić information content (AvgIpc) is 2.46. The Morgan fingerprint density at radius 3 is 2.90 bits per heavy atom. The van der Waals surface area contributed by atoms with Crippen molar-refractivity contribution in [2.24, 2.45) is 0 Å². The van der Waals surface area contributed by atoms with Crippen LogP contribution in [-0.2, 0) is 4.74 Å². The second-order valence-electron chi connectivity index (χ2n) is 4.44. The van der Waals surface area contributed by atoms with Gasteiger partial charge in [0.15, 0.2) is 0 Å². The van der Waals surface area contributed by atoms with Crippen molar-refractivity contribution in [3.63, 3.8) is 0 Å². The van der Waals surface area contributed by atoms with E-state index in [-0.39, 0.29) is 5.56 Å². The highest BCUT2D eigenvalue weighted by molar-refractivity contribution is 5.96. The van der Waals surface area contributed by atoms with Gasteiger partial charge in [-0.05, 0) is 25.0 Å². The molecule has 5 heteroatoms.